The highest BCUT2D eigenvalue weighted by molar-refractivity contribution is 7.91. The number of amides is 1. The summed E-state index contributed by atoms with van der Waals surface area (Å²) in [6.45, 7) is -0.213. The molecule has 1 aliphatic rings. The molecule has 2 aromatic rings. The van der Waals surface area contributed by atoms with Crippen LogP contribution in [0.5, 0.6) is 5.75 Å². The summed E-state index contributed by atoms with van der Waals surface area (Å²) in [5.41, 5.74) is 0.664. The van der Waals surface area contributed by atoms with E-state index in [-0.39, 0.29) is 30.1 Å². The van der Waals surface area contributed by atoms with Crippen LogP contribution >= 0.6 is 11.6 Å². The summed E-state index contributed by atoms with van der Waals surface area (Å²) in [5.74, 6) is 0.192. The Labute approximate surface area is 152 Å². The van der Waals surface area contributed by atoms with Crippen LogP contribution in [0.2, 0.25) is 5.02 Å². The number of carbonyl (C=O) groups excluding carboxylic acids is 1. The predicted octanol–water partition coefficient (Wildman–Crippen LogP) is 2.94. The van der Waals surface area contributed by atoms with Crippen molar-refractivity contribution in [2.45, 2.75) is 12.5 Å². The van der Waals surface area contributed by atoms with E-state index < -0.39 is 9.84 Å². The number of carbonyl (C=O) groups is 1. The van der Waals surface area contributed by atoms with E-state index in [2.05, 4.69) is 0 Å². The van der Waals surface area contributed by atoms with Gasteiger partial charge in [0.15, 0.2) is 16.4 Å². The number of para-hydroxylation sites is 2. The van der Waals surface area contributed by atoms with Crippen molar-refractivity contribution in [2.75, 3.05) is 23.0 Å². The Balaban J connectivity index is 1.79. The van der Waals surface area contributed by atoms with Gasteiger partial charge in [0.25, 0.3) is 5.91 Å². The minimum atomic E-state index is -3.11. The van der Waals surface area contributed by atoms with Gasteiger partial charge in [-0.15, -0.1) is 0 Å². The molecule has 25 heavy (non-hydrogen) atoms. The van der Waals surface area contributed by atoms with Gasteiger partial charge in [0.2, 0.25) is 0 Å². The van der Waals surface area contributed by atoms with Gasteiger partial charge in [0.05, 0.1) is 22.6 Å². The molecule has 0 N–H and O–H groups in total. The molecule has 1 amide bonds. The van der Waals surface area contributed by atoms with Crippen LogP contribution < -0.4 is 9.64 Å². The average Bonchev–Trinajstić information content (AvgIpc) is 2.95. The van der Waals surface area contributed by atoms with Crippen molar-refractivity contribution in [1.82, 2.24) is 0 Å². The first-order chi connectivity index (χ1) is 12.0. The highest BCUT2D eigenvalue weighted by Crippen LogP contribution is 2.26. The molecular weight excluding hydrogens is 362 g/mol. The Hall–Kier alpha value is -2.05. The van der Waals surface area contributed by atoms with E-state index in [1.54, 1.807) is 36.4 Å². The number of sulfone groups is 1. The third-order valence-electron chi connectivity index (χ3n) is 4.06. The summed E-state index contributed by atoms with van der Waals surface area (Å²) in [6.07, 6.45) is 0.426. The number of rotatable bonds is 5. The van der Waals surface area contributed by atoms with Crippen LogP contribution in [0.3, 0.4) is 0 Å². The smallest absolute Gasteiger partial charge is 0.265 e. The second kappa shape index (κ2) is 7.45. The van der Waals surface area contributed by atoms with Crippen molar-refractivity contribution >= 4 is 33.0 Å². The quantitative estimate of drug-likeness (QED) is 0.801. The van der Waals surface area contributed by atoms with Gasteiger partial charge in [-0.1, -0.05) is 41.9 Å². The van der Waals surface area contributed by atoms with Gasteiger partial charge in [0.1, 0.15) is 5.75 Å². The largest absolute Gasteiger partial charge is 0.482 e. The number of benzene rings is 2. The highest BCUT2D eigenvalue weighted by Gasteiger charge is 2.35. The molecule has 1 heterocycles. The average molecular weight is 380 g/mol. The molecule has 0 radical (unpaired) electrons. The lowest BCUT2D eigenvalue weighted by Gasteiger charge is -2.28. The summed E-state index contributed by atoms with van der Waals surface area (Å²) in [6, 6.07) is 15.6. The number of anilines is 1. The monoisotopic (exact) mass is 379 g/mol. The molecule has 5 nitrogen and oxygen atoms in total. The normalized spacial score (nSPS) is 18.7. The van der Waals surface area contributed by atoms with Crippen LogP contribution in [-0.4, -0.2) is 38.5 Å². The third kappa shape index (κ3) is 4.32. The van der Waals surface area contributed by atoms with Crippen molar-refractivity contribution in [1.29, 1.82) is 0 Å². The van der Waals surface area contributed by atoms with E-state index in [9.17, 15) is 13.2 Å². The zero-order valence-corrected chi connectivity index (χ0v) is 15.0. The molecule has 7 heteroatoms. The minimum Gasteiger partial charge on any atom is -0.482 e. The summed E-state index contributed by atoms with van der Waals surface area (Å²) < 4.78 is 29.2. The van der Waals surface area contributed by atoms with Crippen LogP contribution in [0.15, 0.2) is 54.6 Å². The second-order valence-corrected chi connectivity index (χ2v) is 8.51. The number of nitrogens with zero attached hydrogens (tertiary/aromatic N) is 1. The fourth-order valence-corrected chi connectivity index (χ4v) is 4.79. The molecule has 0 spiro atoms. The zero-order valence-electron chi connectivity index (χ0n) is 13.5. The van der Waals surface area contributed by atoms with Crippen LogP contribution in [0.25, 0.3) is 0 Å². The highest BCUT2D eigenvalue weighted by atomic mass is 35.5. The van der Waals surface area contributed by atoms with Crippen LogP contribution in [0.4, 0.5) is 5.69 Å². The molecule has 1 aliphatic heterocycles. The van der Waals surface area contributed by atoms with Crippen LogP contribution in [0.1, 0.15) is 6.42 Å². The van der Waals surface area contributed by atoms with Crippen molar-refractivity contribution in [2.24, 2.45) is 0 Å². The van der Waals surface area contributed by atoms with Crippen LogP contribution in [0, 0.1) is 0 Å². The molecule has 0 aromatic heterocycles. The maximum absolute atomic E-state index is 12.8. The second-order valence-electron chi connectivity index (χ2n) is 5.88. The summed E-state index contributed by atoms with van der Waals surface area (Å²) in [5, 5.41) is 0.421. The van der Waals surface area contributed by atoms with Gasteiger partial charge in [-0.05, 0) is 30.7 Å². The first-order valence-electron chi connectivity index (χ1n) is 7.91. The molecule has 2 aromatic carbocycles. The van der Waals surface area contributed by atoms with Gasteiger partial charge >= 0.3 is 0 Å². The molecule has 1 atom stereocenters. The fourth-order valence-electron chi connectivity index (χ4n) is 2.90. The van der Waals surface area contributed by atoms with E-state index in [1.165, 1.54) is 4.90 Å². The van der Waals surface area contributed by atoms with Gasteiger partial charge in [-0.25, -0.2) is 8.42 Å². The fraction of sp³-hybridized carbons (Fsp3) is 0.278. The lowest BCUT2D eigenvalue weighted by Crippen LogP contribution is -2.43. The van der Waals surface area contributed by atoms with Gasteiger partial charge in [-0.3, -0.25) is 4.79 Å². The molecule has 1 saturated heterocycles. The number of halogens is 1. The molecule has 1 fully saturated rings. The van der Waals surface area contributed by atoms with Crippen molar-refractivity contribution in [3.8, 4) is 5.75 Å². The van der Waals surface area contributed by atoms with E-state index >= 15 is 0 Å². The van der Waals surface area contributed by atoms with Gasteiger partial charge in [0, 0.05) is 5.69 Å². The maximum atomic E-state index is 12.8. The molecule has 3 rings (SSSR count). The van der Waals surface area contributed by atoms with Gasteiger partial charge in [-0.2, -0.15) is 0 Å². The Morgan fingerprint density at radius 1 is 1.12 bits per heavy atom. The van der Waals surface area contributed by atoms with E-state index in [4.69, 9.17) is 16.3 Å². The number of hydrogen-bond donors (Lipinski definition) is 0. The van der Waals surface area contributed by atoms with Crippen molar-refractivity contribution in [3.05, 3.63) is 59.6 Å². The maximum Gasteiger partial charge on any atom is 0.265 e. The minimum absolute atomic E-state index is 0.0280. The topological polar surface area (TPSA) is 63.7 Å². The molecule has 0 bridgehead atoms. The van der Waals surface area contributed by atoms with Crippen LogP contribution in [-0.2, 0) is 14.6 Å². The molecule has 0 unspecified atom stereocenters. The molecule has 132 valence electrons. The lowest BCUT2D eigenvalue weighted by molar-refractivity contribution is -0.121. The lowest BCUT2D eigenvalue weighted by atomic mass is 10.2. The summed E-state index contributed by atoms with van der Waals surface area (Å²) in [7, 11) is -3.11. The SMILES string of the molecule is O=C(COc1ccccc1Cl)N(c1ccccc1)[C@H]1CCS(=O)(=O)C1. The van der Waals surface area contributed by atoms with Gasteiger partial charge < -0.3 is 9.64 Å². The summed E-state index contributed by atoms with van der Waals surface area (Å²) >= 11 is 6.04. The Morgan fingerprint density at radius 2 is 1.80 bits per heavy atom. The van der Waals surface area contributed by atoms with E-state index in [0.29, 0.717) is 22.9 Å². The molecule has 0 saturated carbocycles. The van der Waals surface area contributed by atoms with E-state index in [0.717, 1.165) is 0 Å². The Morgan fingerprint density at radius 3 is 2.44 bits per heavy atom. The number of hydrogen-bond acceptors (Lipinski definition) is 4. The van der Waals surface area contributed by atoms with E-state index in [1.807, 2.05) is 18.2 Å². The molecular formula is C18H18ClNO4S. The first kappa shape index (κ1) is 17.8. The Bertz CT molecular complexity index is 854. The first-order valence-corrected chi connectivity index (χ1v) is 10.1. The molecule has 0 aliphatic carbocycles. The zero-order chi connectivity index (χ0) is 17.9. The predicted molar refractivity (Wildman–Crippen MR) is 97.9 cm³/mol. The van der Waals surface area contributed by atoms with Crippen molar-refractivity contribution < 1.29 is 17.9 Å². The number of ether oxygens (including phenoxy) is 1. The van der Waals surface area contributed by atoms with Crippen molar-refractivity contribution in [3.63, 3.8) is 0 Å². The third-order valence-corrected chi connectivity index (χ3v) is 6.13. The Kier molecular flexibility index (Phi) is 5.30. The standard InChI is InChI=1S/C18H18ClNO4S/c19-16-8-4-5-9-17(16)24-12-18(21)20(14-6-2-1-3-7-14)15-10-11-25(22,23)13-15/h1-9,15H,10-13H2/t15-/m0/s1. The summed E-state index contributed by atoms with van der Waals surface area (Å²) in [4.78, 5) is 14.3.